The number of carbonyl (C=O) groups is 5. The van der Waals surface area contributed by atoms with E-state index >= 15 is 0 Å². The summed E-state index contributed by atoms with van der Waals surface area (Å²) in [7, 11) is 0. The highest BCUT2D eigenvalue weighted by Crippen LogP contribution is 2.26. The summed E-state index contributed by atoms with van der Waals surface area (Å²) >= 11 is 0. The fraction of sp³-hybridized carbons (Fsp3) is 0.241. The maximum Gasteiger partial charge on any atom is 0.326 e. The van der Waals surface area contributed by atoms with E-state index in [4.69, 9.17) is 5.73 Å². The predicted octanol–water partition coefficient (Wildman–Crippen LogP) is 6.31. The Hall–Kier alpha value is -7.37. The van der Waals surface area contributed by atoms with Gasteiger partial charge in [-0.15, -0.1) is 0 Å². The van der Waals surface area contributed by atoms with Gasteiger partial charge in [0.2, 0.25) is 17.7 Å². The van der Waals surface area contributed by atoms with Gasteiger partial charge in [-0.05, 0) is 94.5 Å². The zero-order valence-electron chi connectivity index (χ0n) is 36.7. The molecule has 332 valence electrons. The summed E-state index contributed by atoms with van der Waals surface area (Å²) in [6, 6.07) is 43.4. The van der Waals surface area contributed by atoms with Gasteiger partial charge in [0.25, 0.3) is 5.91 Å². The van der Waals surface area contributed by atoms with Crippen LogP contribution < -0.4 is 21.7 Å². The lowest BCUT2D eigenvalue weighted by atomic mass is 9.90. The van der Waals surface area contributed by atoms with Crippen LogP contribution in [0, 0.1) is 13.8 Å². The molecule has 1 aliphatic rings. The van der Waals surface area contributed by atoms with Crippen molar-refractivity contribution in [2.24, 2.45) is 5.73 Å². The van der Waals surface area contributed by atoms with Crippen molar-refractivity contribution in [1.82, 2.24) is 20.9 Å². The summed E-state index contributed by atoms with van der Waals surface area (Å²) in [5, 5.41) is 18.7. The lowest BCUT2D eigenvalue weighted by molar-refractivity contribution is -0.144. The number of nitrogens with two attached hydrogens (primary N) is 1. The summed E-state index contributed by atoms with van der Waals surface area (Å²) in [5.74, 6) is -3.05. The van der Waals surface area contributed by atoms with E-state index in [1.165, 1.54) is 4.90 Å². The molecule has 0 fully saturated rings. The zero-order chi connectivity index (χ0) is 45.9. The first-order valence-corrected chi connectivity index (χ1v) is 22.0. The third-order valence-electron chi connectivity index (χ3n) is 12.1. The first kappa shape index (κ1) is 45.6. The van der Waals surface area contributed by atoms with Crippen LogP contribution in [0.5, 0.6) is 0 Å². The smallest absolute Gasteiger partial charge is 0.326 e. The molecule has 7 rings (SSSR count). The van der Waals surface area contributed by atoms with Gasteiger partial charge >= 0.3 is 5.97 Å². The molecule has 0 aliphatic carbocycles. The first-order valence-electron chi connectivity index (χ1n) is 22.0. The highest BCUT2D eigenvalue weighted by atomic mass is 16.4. The number of carbonyl (C=O) groups excluding carboxylic acids is 4. The van der Waals surface area contributed by atoms with Crippen molar-refractivity contribution in [3.8, 4) is 11.1 Å². The SMILES string of the molecule is Cc1cc(C(=O)NCCc2ccc(-c3ccccc3)cc2)cc(C)c1C[C@H](N)C(=O)N1Cc2ccccc2CC1C(=O)N[C@@H](Cc1ccccc1)C(=O)N[C@@H](Cc1ccccc1)C(=O)O. The van der Waals surface area contributed by atoms with Gasteiger partial charge in [0.1, 0.15) is 18.1 Å². The summed E-state index contributed by atoms with van der Waals surface area (Å²) in [6.45, 7) is 4.38. The number of aryl methyl sites for hydroxylation is 2. The van der Waals surface area contributed by atoms with Crippen molar-refractivity contribution in [3.05, 3.63) is 202 Å². The van der Waals surface area contributed by atoms with Crippen molar-refractivity contribution in [2.45, 2.75) is 76.7 Å². The lowest BCUT2D eigenvalue weighted by Gasteiger charge is -2.38. The number of amides is 4. The highest BCUT2D eigenvalue weighted by molar-refractivity contribution is 5.96. The highest BCUT2D eigenvalue weighted by Gasteiger charge is 2.38. The van der Waals surface area contributed by atoms with Gasteiger partial charge in [0.05, 0.1) is 6.04 Å². The van der Waals surface area contributed by atoms with Gasteiger partial charge in [-0.25, -0.2) is 4.79 Å². The van der Waals surface area contributed by atoms with Gasteiger partial charge in [0, 0.05) is 37.9 Å². The van der Waals surface area contributed by atoms with Crippen LogP contribution in [0.15, 0.2) is 152 Å². The molecule has 6 N–H and O–H groups in total. The van der Waals surface area contributed by atoms with Gasteiger partial charge in [0.15, 0.2) is 0 Å². The van der Waals surface area contributed by atoms with Crippen LogP contribution in [-0.2, 0) is 57.8 Å². The van der Waals surface area contributed by atoms with Crippen molar-refractivity contribution in [1.29, 1.82) is 0 Å². The first-order chi connectivity index (χ1) is 31.4. The summed E-state index contributed by atoms with van der Waals surface area (Å²) in [4.78, 5) is 70.1. The van der Waals surface area contributed by atoms with Crippen LogP contribution >= 0.6 is 0 Å². The Kier molecular flexibility index (Phi) is 15.0. The normalized spacial score (nSPS) is 14.6. The number of carboxylic acid groups (broad SMARTS) is 1. The fourth-order valence-electron chi connectivity index (χ4n) is 8.52. The van der Waals surface area contributed by atoms with Crippen LogP contribution in [0.2, 0.25) is 0 Å². The summed E-state index contributed by atoms with van der Waals surface area (Å²) in [5.41, 5.74) is 16.4. The molecule has 0 saturated heterocycles. The van der Waals surface area contributed by atoms with E-state index in [0.717, 1.165) is 55.6 Å². The molecule has 1 unspecified atom stereocenters. The molecule has 1 aliphatic heterocycles. The molecule has 11 heteroatoms. The van der Waals surface area contributed by atoms with E-state index in [2.05, 4.69) is 52.3 Å². The van der Waals surface area contributed by atoms with Crippen molar-refractivity contribution >= 4 is 29.6 Å². The van der Waals surface area contributed by atoms with Crippen molar-refractivity contribution in [3.63, 3.8) is 0 Å². The minimum absolute atomic E-state index is 0.0495. The number of hydrogen-bond donors (Lipinski definition) is 5. The van der Waals surface area contributed by atoms with Crippen molar-refractivity contribution in [2.75, 3.05) is 6.54 Å². The predicted molar refractivity (Wildman–Crippen MR) is 252 cm³/mol. The Balaban J connectivity index is 1.03. The average Bonchev–Trinajstić information content (AvgIpc) is 3.32. The average molecular weight is 870 g/mol. The number of nitrogens with one attached hydrogen (secondary N) is 3. The number of nitrogens with zero attached hydrogens (tertiary/aromatic N) is 1. The van der Waals surface area contributed by atoms with Gasteiger partial charge < -0.3 is 31.7 Å². The lowest BCUT2D eigenvalue weighted by Crippen LogP contribution is -2.60. The number of aliphatic carboxylic acids is 1. The second kappa shape index (κ2) is 21.3. The number of carboxylic acids is 1. The Bertz CT molecular complexity index is 2600. The second-order valence-electron chi connectivity index (χ2n) is 16.8. The fourth-order valence-corrected chi connectivity index (χ4v) is 8.52. The molecule has 6 aromatic carbocycles. The number of rotatable bonds is 17. The maximum absolute atomic E-state index is 14.5. The second-order valence-corrected chi connectivity index (χ2v) is 16.8. The topological polar surface area (TPSA) is 171 Å². The molecule has 0 radical (unpaired) electrons. The van der Waals surface area contributed by atoms with Crippen LogP contribution in [0.4, 0.5) is 0 Å². The molecule has 4 amide bonds. The Morgan fingerprint density at radius 1 is 0.646 bits per heavy atom. The van der Waals surface area contributed by atoms with Crippen LogP contribution in [-0.4, -0.2) is 70.3 Å². The van der Waals surface area contributed by atoms with Gasteiger partial charge in [-0.2, -0.15) is 0 Å². The maximum atomic E-state index is 14.5. The molecule has 1 heterocycles. The minimum Gasteiger partial charge on any atom is -0.480 e. The largest absolute Gasteiger partial charge is 0.480 e. The molecule has 0 spiro atoms. The molecule has 4 atom stereocenters. The van der Waals surface area contributed by atoms with E-state index in [-0.39, 0.29) is 38.1 Å². The molecule has 6 aromatic rings. The van der Waals surface area contributed by atoms with E-state index in [0.29, 0.717) is 18.5 Å². The van der Waals surface area contributed by atoms with E-state index in [9.17, 15) is 29.1 Å². The number of fused-ring (bicyclic) bond motifs is 1. The van der Waals surface area contributed by atoms with E-state index in [1.54, 1.807) is 24.3 Å². The molecule has 0 bridgehead atoms. The monoisotopic (exact) mass is 869 g/mol. The van der Waals surface area contributed by atoms with Crippen LogP contribution in [0.3, 0.4) is 0 Å². The summed E-state index contributed by atoms with van der Waals surface area (Å²) in [6.07, 6.45) is 1.17. The molecule has 0 aromatic heterocycles. The van der Waals surface area contributed by atoms with Crippen LogP contribution in [0.25, 0.3) is 11.1 Å². The zero-order valence-corrected chi connectivity index (χ0v) is 36.7. The third kappa shape index (κ3) is 11.8. The van der Waals surface area contributed by atoms with Crippen LogP contribution in [0.1, 0.15) is 54.9 Å². The summed E-state index contributed by atoms with van der Waals surface area (Å²) < 4.78 is 0. The quantitative estimate of drug-likeness (QED) is 0.0716. The Morgan fingerprint density at radius 2 is 1.18 bits per heavy atom. The van der Waals surface area contributed by atoms with Gasteiger partial charge in [-0.3, -0.25) is 19.2 Å². The molecule has 0 saturated carbocycles. The molecule has 11 nitrogen and oxygen atoms in total. The standard InChI is InChI=1S/C54H55N5O6/c1-35-28-44(50(60)56-27-26-37-22-24-41(25-23-37)40-18-10-5-11-19-40)29-36(2)45(35)33-46(55)53(63)59-34-43-21-13-12-20-42(43)32-49(59)52(62)57-47(30-38-14-6-3-7-15-38)51(61)58-48(54(64)65)31-39-16-8-4-9-17-39/h3-25,28-29,46-49H,26-27,30-34,55H2,1-2H3,(H,56,60)(H,57,62)(H,58,61)(H,64,65)/t46-,47-,48-,49?/m0/s1. The van der Waals surface area contributed by atoms with Crippen molar-refractivity contribution < 1.29 is 29.1 Å². The third-order valence-corrected chi connectivity index (χ3v) is 12.1. The van der Waals surface area contributed by atoms with Gasteiger partial charge in [-0.1, -0.05) is 140 Å². The Morgan fingerprint density at radius 3 is 1.78 bits per heavy atom. The van der Waals surface area contributed by atoms with E-state index < -0.39 is 47.9 Å². The molecule has 65 heavy (non-hydrogen) atoms. The molecular formula is C54H55N5O6. The molecular weight excluding hydrogens is 815 g/mol. The number of benzene rings is 6. The van der Waals surface area contributed by atoms with E-state index in [1.807, 2.05) is 105 Å². The Labute approximate surface area is 380 Å². The number of hydrogen-bond acceptors (Lipinski definition) is 6. The minimum atomic E-state index is -1.25.